The molecule has 0 bridgehead atoms. The van der Waals surface area contributed by atoms with Gasteiger partial charge in [-0.15, -0.1) is 0 Å². The Morgan fingerprint density at radius 1 is 1.26 bits per heavy atom. The second-order valence-electron chi connectivity index (χ2n) is 8.44. The maximum atomic E-state index is 13.0. The number of hydrogen-bond donors (Lipinski definition) is 2. The number of hydrogen-bond acceptors (Lipinski definition) is 10. The molecule has 11 heteroatoms. The number of piperidine rings is 1. The number of rotatable bonds is 6. The Labute approximate surface area is 201 Å². The monoisotopic (exact) mass is 484 g/mol. The van der Waals surface area contributed by atoms with Gasteiger partial charge in [0.15, 0.2) is 10.9 Å². The molecule has 0 spiro atoms. The summed E-state index contributed by atoms with van der Waals surface area (Å²) >= 11 is 1.39. The molecule has 1 amide bonds. The number of fused-ring (bicyclic) bond motifs is 1. The molecule has 2 saturated heterocycles. The highest BCUT2D eigenvalue weighted by Gasteiger charge is 2.22. The lowest BCUT2D eigenvalue weighted by atomic mass is 10.1. The van der Waals surface area contributed by atoms with Crippen LogP contribution >= 0.6 is 11.3 Å². The third kappa shape index (κ3) is 4.97. The van der Waals surface area contributed by atoms with Gasteiger partial charge in [0.1, 0.15) is 16.0 Å². The van der Waals surface area contributed by atoms with Gasteiger partial charge in [0.05, 0.1) is 38.3 Å². The molecule has 2 aliphatic heterocycles. The van der Waals surface area contributed by atoms with Crippen molar-refractivity contribution in [2.24, 2.45) is 0 Å². The third-order valence-electron chi connectivity index (χ3n) is 6.14. The lowest BCUT2D eigenvalue weighted by Crippen LogP contribution is -2.36. The number of pyridine rings is 2. The molecule has 0 unspecified atom stereocenters. The molecule has 2 fully saturated rings. The molecule has 180 valence electrons. The van der Waals surface area contributed by atoms with Crippen molar-refractivity contribution >= 4 is 38.4 Å². The number of nitrogens with one attached hydrogen (secondary N) is 1. The zero-order chi connectivity index (χ0) is 23.5. The van der Waals surface area contributed by atoms with Gasteiger partial charge < -0.3 is 19.5 Å². The molecule has 0 aliphatic carbocycles. The normalized spacial score (nSPS) is 17.8. The van der Waals surface area contributed by atoms with Crippen LogP contribution in [0.5, 0.6) is 5.75 Å². The highest BCUT2D eigenvalue weighted by atomic mass is 32.1. The minimum Gasteiger partial charge on any atom is -0.493 e. The minimum atomic E-state index is -0.239. The van der Waals surface area contributed by atoms with Gasteiger partial charge in [-0.05, 0) is 25.0 Å². The summed E-state index contributed by atoms with van der Waals surface area (Å²) in [6.07, 6.45) is 4.65. The van der Waals surface area contributed by atoms with Gasteiger partial charge >= 0.3 is 0 Å². The van der Waals surface area contributed by atoms with Crippen molar-refractivity contribution in [3.8, 4) is 5.75 Å². The molecule has 0 radical (unpaired) electrons. The maximum absolute atomic E-state index is 13.0. The molecule has 0 saturated carbocycles. The van der Waals surface area contributed by atoms with Crippen LogP contribution in [0.25, 0.3) is 10.2 Å². The molecule has 0 aromatic carbocycles. The lowest BCUT2D eigenvalue weighted by Gasteiger charge is -2.29. The highest BCUT2D eigenvalue weighted by Crippen LogP contribution is 2.38. The largest absolute Gasteiger partial charge is 0.493 e. The lowest BCUT2D eigenvalue weighted by molar-refractivity contribution is 0.0786. The Morgan fingerprint density at radius 3 is 2.82 bits per heavy atom. The van der Waals surface area contributed by atoms with Gasteiger partial charge in [0, 0.05) is 44.5 Å². The molecule has 0 atom stereocenters. The van der Waals surface area contributed by atoms with Crippen molar-refractivity contribution in [2.75, 3.05) is 56.7 Å². The van der Waals surface area contributed by atoms with Crippen molar-refractivity contribution < 1.29 is 19.4 Å². The molecule has 34 heavy (non-hydrogen) atoms. The Morgan fingerprint density at radius 2 is 2.06 bits per heavy atom. The number of aromatic nitrogens is 3. The van der Waals surface area contributed by atoms with E-state index in [1.54, 1.807) is 25.6 Å². The number of aliphatic hydroxyl groups is 1. The summed E-state index contributed by atoms with van der Waals surface area (Å²) < 4.78 is 11.8. The Bertz CT molecular complexity index is 1160. The summed E-state index contributed by atoms with van der Waals surface area (Å²) in [5.41, 5.74) is 2.04. The average Bonchev–Trinajstić information content (AvgIpc) is 3.29. The fourth-order valence-electron chi connectivity index (χ4n) is 4.26. The van der Waals surface area contributed by atoms with Crippen molar-refractivity contribution in [1.29, 1.82) is 0 Å². The first-order chi connectivity index (χ1) is 16.6. The fraction of sp³-hybridized carbons (Fsp3) is 0.478. The second-order valence-corrected chi connectivity index (χ2v) is 9.44. The van der Waals surface area contributed by atoms with Gasteiger partial charge in [-0.1, -0.05) is 11.3 Å². The molecular weight excluding hydrogens is 456 g/mol. The first-order valence-corrected chi connectivity index (χ1v) is 12.3. The number of carbonyl (C=O) groups excluding carboxylic acids is 1. The zero-order valence-corrected chi connectivity index (χ0v) is 19.9. The number of anilines is 2. The standard InChI is InChI=1S/C23H28N6O4S/c1-32-18-13-25-21(29-8-10-33-11-9-29)20-19(18)26-23(34-20)27-22(31)15-2-5-24-16(12-15)14-28-6-3-17(30)4-7-28/h2,5,12-13,17,30H,3-4,6-11,14H2,1H3,(H,26,27,31). The summed E-state index contributed by atoms with van der Waals surface area (Å²) in [4.78, 5) is 31.1. The molecule has 3 aromatic heterocycles. The van der Waals surface area contributed by atoms with Crippen molar-refractivity contribution in [1.82, 2.24) is 19.9 Å². The van der Waals surface area contributed by atoms with E-state index in [9.17, 15) is 9.90 Å². The number of likely N-dealkylation sites (tertiary alicyclic amines) is 1. The van der Waals surface area contributed by atoms with Crippen LogP contribution in [0, 0.1) is 0 Å². The smallest absolute Gasteiger partial charge is 0.257 e. The van der Waals surface area contributed by atoms with Crippen LogP contribution in [0.15, 0.2) is 24.5 Å². The summed E-state index contributed by atoms with van der Waals surface area (Å²) in [6.45, 7) is 5.12. The van der Waals surface area contributed by atoms with E-state index in [4.69, 9.17) is 9.47 Å². The second kappa shape index (κ2) is 10.2. The molecule has 3 aromatic rings. The zero-order valence-electron chi connectivity index (χ0n) is 19.1. The first-order valence-electron chi connectivity index (χ1n) is 11.4. The quantitative estimate of drug-likeness (QED) is 0.543. The van der Waals surface area contributed by atoms with E-state index in [1.165, 1.54) is 11.3 Å². The van der Waals surface area contributed by atoms with E-state index < -0.39 is 0 Å². The minimum absolute atomic E-state index is 0.215. The van der Waals surface area contributed by atoms with E-state index >= 15 is 0 Å². The average molecular weight is 485 g/mol. The highest BCUT2D eigenvalue weighted by molar-refractivity contribution is 7.23. The Hall–Kier alpha value is -2.86. The van der Waals surface area contributed by atoms with Crippen LogP contribution in [-0.2, 0) is 11.3 Å². The van der Waals surface area contributed by atoms with Crippen LogP contribution in [0.3, 0.4) is 0 Å². The summed E-state index contributed by atoms with van der Waals surface area (Å²) in [7, 11) is 1.59. The molecule has 5 heterocycles. The van der Waals surface area contributed by atoms with Gasteiger partial charge in [-0.25, -0.2) is 9.97 Å². The van der Waals surface area contributed by atoms with Gasteiger partial charge in [0.25, 0.3) is 5.91 Å². The van der Waals surface area contributed by atoms with E-state index in [0.717, 1.165) is 55.2 Å². The van der Waals surface area contributed by atoms with Crippen LogP contribution in [0.1, 0.15) is 28.9 Å². The predicted molar refractivity (Wildman–Crippen MR) is 130 cm³/mol. The van der Waals surface area contributed by atoms with E-state index in [1.807, 2.05) is 6.07 Å². The van der Waals surface area contributed by atoms with Gasteiger partial charge in [-0.3, -0.25) is 20.0 Å². The van der Waals surface area contributed by atoms with Crippen LogP contribution in [0.4, 0.5) is 10.9 Å². The van der Waals surface area contributed by atoms with Crippen LogP contribution in [-0.4, -0.2) is 83.5 Å². The molecule has 2 N–H and O–H groups in total. The topological polar surface area (TPSA) is 113 Å². The molecular formula is C23H28N6O4S. The Balaban J connectivity index is 1.34. The SMILES string of the molecule is COc1cnc(N2CCOCC2)c2sc(NC(=O)c3ccnc(CN4CCC(O)CC4)c3)nc12. The van der Waals surface area contributed by atoms with Crippen molar-refractivity contribution in [3.05, 3.63) is 35.8 Å². The maximum Gasteiger partial charge on any atom is 0.257 e. The number of ether oxygens (including phenoxy) is 2. The number of aliphatic hydroxyl groups excluding tert-OH is 1. The molecule has 10 nitrogen and oxygen atoms in total. The molecule has 5 rings (SSSR count). The number of amides is 1. The number of morpholine rings is 1. The van der Waals surface area contributed by atoms with Crippen LogP contribution in [0.2, 0.25) is 0 Å². The van der Waals surface area contributed by atoms with Crippen LogP contribution < -0.4 is 15.0 Å². The van der Waals surface area contributed by atoms with E-state index in [2.05, 4.69) is 30.1 Å². The van der Waals surface area contributed by atoms with Crippen molar-refractivity contribution in [3.63, 3.8) is 0 Å². The Kier molecular flexibility index (Phi) is 6.86. The number of thiazole rings is 1. The van der Waals surface area contributed by atoms with Crippen molar-refractivity contribution in [2.45, 2.75) is 25.5 Å². The summed E-state index contributed by atoms with van der Waals surface area (Å²) in [5.74, 6) is 1.16. The predicted octanol–water partition coefficient (Wildman–Crippen LogP) is 2.14. The number of nitrogens with zero attached hydrogens (tertiary/aromatic N) is 5. The number of carbonyl (C=O) groups is 1. The van der Waals surface area contributed by atoms with Gasteiger partial charge in [0.2, 0.25) is 0 Å². The fourth-order valence-corrected chi connectivity index (χ4v) is 5.25. The summed E-state index contributed by atoms with van der Waals surface area (Å²) in [6, 6.07) is 3.52. The van der Waals surface area contributed by atoms with Gasteiger partial charge in [-0.2, -0.15) is 0 Å². The van der Waals surface area contributed by atoms with E-state index in [0.29, 0.717) is 41.7 Å². The van der Waals surface area contributed by atoms with E-state index in [-0.39, 0.29) is 12.0 Å². The number of methoxy groups -OCH3 is 1. The molecule has 2 aliphatic rings. The first kappa shape index (κ1) is 22.9. The summed E-state index contributed by atoms with van der Waals surface area (Å²) in [5, 5.41) is 13.1. The third-order valence-corrected chi connectivity index (χ3v) is 7.11.